The van der Waals surface area contributed by atoms with Crippen LogP contribution >= 0.6 is 0 Å². The Balaban J connectivity index is 1.67. The molecular weight excluding hydrogens is 312 g/mol. The fourth-order valence-corrected chi connectivity index (χ4v) is 2.99. The largest absolute Gasteiger partial charge is 0.497 e. The normalized spacial score (nSPS) is 18.8. The van der Waals surface area contributed by atoms with E-state index < -0.39 is 0 Å². The molecule has 25 heavy (non-hydrogen) atoms. The minimum atomic E-state index is 0.0160. The third-order valence-electron chi connectivity index (χ3n) is 4.56. The molecule has 4 heteroatoms. The van der Waals surface area contributed by atoms with Gasteiger partial charge in [-0.25, -0.2) is 0 Å². The molecular formula is C21H22N2O2. The summed E-state index contributed by atoms with van der Waals surface area (Å²) in [5.41, 5.74) is 4.10. The van der Waals surface area contributed by atoms with E-state index in [0.717, 1.165) is 34.5 Å². The number of rotatable bonds is 6. The van der Waals surface area contributed by atoms with Crippen molar-refractivity contribution in [2.24, 2.45) is 10.9 Å². The number of anilines is 1. The molecule has 1 aliphatic carbocycles. The number of amides is 1. The predicted octanol–water partition coefficient (Wildman–Crippen LogP) is 4.42. The molecule has 4 nitrogen and oxygen atoms in total. The van der Waals surface area contributed by atoms with Crippen LogP contribution in [-0.2, 0) is 4.79 Å². The van der Waals surface area contributed by atoms with E-state index in [-0.39, 0.29) is 17.7 Å². The van der Waals surface area contributed by atoms with Crippen molar-refractivity contribution in [1.82, 2.24) is 0 Å². The lowest BCUT2D eigenvalue weighted by Gasteiger charge is -2.08. The fourth-order valence-electron chi connectivity index (χ4n) is 2.99. The highest BCUT2D eigenvalue weighted by Gasteiger charge is 2.44. The van der Waals surface area contributed by atoms with Crippen molar-refractivity contribution in [3.8, 4) is 5.75 Å². The van der Waals surface area contributed by atoms with Crippen LogP contribution in [0, 0.1) is 12.8 Å². The predicted molar refractivity (Wildman–Crippen MR) is 102 cm³/mol. The molecule has 1 saturated carbocycles. The number of carbonyl (C=O) groups excluding carboxylic acids is 1. The zero-order valence-corrected chi connectivity index (χ0v) is 14.5. The summed E-state index contributed by atoms with van der Waals surface area (Å²) >= 11 is 0. The van der Waals surface area contributed by atoms with Crippen molar-refractivity contribution in [3.63, 3.8) is 0 Å². The Hall–Kier alpha value is -2.88. The van der Waals surface area contributed by atoms with E-state index in [1.807, 2.05) is 49.4 Å². The van der Waals surface area contributed by atoms with Crippen molar-refractivity contribution in [3.05, 3.63) is 65.4 Å². The maximum absolute atomic E-state index is 12.5. The highest BCUT2D eigenvalue weighted by molar-refractivity contribution is 5.95. The van der Waals surface area contributed by atoms with E-state index in [1.165, 1.54) is 0 Å². The molecule has 0 radical (unpaired) electrons. The smallest absolute Gasteiger partial charge is 0.228 e. The lowest BCUT2D eigenvalue weighted by atomic mass is 10.1. The van der Waals surface area contributed by atoms with Gasteiger partial charge in [0.15, 0.2) is 0 Å². The molecule has 1 N–H and O–H groups in total. The third kappa shape index (κ3) is 3.97. The van der Waals surface area contributed by atoms with Gasteiger partial charge < -0.3 is 10.1 Å². The van der Waals surface area contributed by atoms with Gasteiger partial charge in [-0.05, 0) is 73.0 Å². The van der Waals surface area contributed by atoms with Crippen molar-refractivity contribution >= 4 is 24.4 Å². The van der Waals surface area contributed by atoms with Gasteiger partial charge in [-0.3, -0.25) is 9.79 Å². The van der Waals surface area contributed by atoms with Crippen LogP contribution in [0.15, 0.2) is 53.7 Å². The third-order valence-corrected chi connectivity index (χ3v) is 4.56. The van der Waals surface area contributed by atoms with Gasteiger partial charge >= 0.3 is 0 Å². The monoisotopic (exact) mass is 334 g/mol. The van der Waals surface area contributed by atoms with Crippen LogP contribution < -0.4 is 10.1 Å². The second-order valence-corrected chi connectivity index (χ2v) is 6.28. The molecule has 2 unspecified atom stereocenters. The fraction of sp³-hybridized carbons (Fsp3) is 0.238. The molecule has 0 aliphatic heterocycles. The molecule has 2 aromatic carbocycles. The lowest BCUT2D eigenvalue weighted by molar-refractivity contribution is -0.117. The van der Waals surface area contributed by atoms with Crippen molar-refractivity contribution < 1.29 is 9.53 Å². The number of benzene rings is 2. The van der Waals surface area contributed by atoms with E-state index in [1.54, 1.807) is 13.3 Å². The lowest BCUT2D eigenvalue weighted by Crippen LogP contribution is -2.14. The first kappa shape index (κ1) is 17.0. The number of aryl methyl sites for hydroxylation is 1. The Labute approximate surface area is 148 Å². The van der Waals surface area contributed by atoms with Crippen LogP contribution in [-0.4, -0.2) is 19.7 Å². The summed E-state index contributed by atoms with van der Waals surface area (Å²) in [7, 11) is 1.65. The average Bonchev–Trinajstić information content (AvgIpc) is 3.43. The zero-order chi connectivity index (χ0) is 17.8. The van der Waals surface area contributed by atoms with Gasteiger partial charge in [0.05, 0.1) is 7.11 Å². The zero-order valence-electron chi connectivity index (χ0n) is 14.5. The Kier molecular flexibility index (Phi) is 4.98. The number of hydrogen-bond donors (Lipinski definition) is 1. The second-order valence-electron chi connectivity index (χ2n) is 6.28. The Bertz CT molecular complexity index is 826. The van der Waals surface area contributed by atoms with Gasteiger partial charge in [0.2, 0.25) is 5.91 Å². The highest BCUT2D eigenvalue weighted by atomic mass is 16.5. The van der Waals surface area contributed by atoms with E-state index in [2.05, 4.69) is 23.1 Å². The summed E-state index contributed by atoms with van der Waals surface area (Å²) in [5, 5.41) is 3.03. The second kappa shape index (κ2) is 7.34. The van der Waals surface area contributed by atoms with Crippen molar-refractivity contribution in [2.75, 3.05) is 12.4 Å². The Morgan fingerprint density at radius 1 is 1.32 bits per heavy atom. The van der Waals surface area contributed by atoms with Gasteiger partial charge in [0.1, 0.15) is 5.75 Å². The maximum Gasteiger partial charge on any atom is 0.228 e. The van der Waals surface area contributed by atoms with Gasteiger partial charge in [-0.1, -0.05) is 18.2 Å². The summed E-state index contributed by atoms with van der Waals surface area (Å²) in [4.78, 5) is 16.3. The molecule has 0 bridgehead atoms. The number of aliphatic imine (C=N–C) groups is 1. The molecule has 1 aliphatic rings. The minimum absolute atomic E-state index is 0.0160. The molecule has 0 saturated heterocycles. The van der Waals surface area contributed by atoms with Gasteiger partial charge in [-0.2, -0.15) is 0 Å². The van der Waals surface area contributed by atoms with Crippen LogP contribution in [0.25, 0.3) is 6.08 Å². The number of methoxy groups -OCH3 is 1. The molecule has 0 heterocycles. The molecule has 2 aromatic rings. The van der Waals surface area contributed by atoms with E-state index in [4.69, 9.17) is 4.74 Å². The molecule has 1 amide bonds. The van der Waals surface area contributed by atoms with Gasteiger partial charge in [-0.15, -0.1) is 0 Å². The van der Waals surface area contributed by atoms with Gasteiger partial charge in [0.25, 0.3) is 0 Å². The minimum Gasteiger partial charge on any atom is -0.497 e. The summed E-state index contributed by atoms with van der Waals surface area (Å²) in [6, 6.07) is 13.8. The van der Waals surface area contributed by atoms with Crippen molar-refractivity contribution in [1.29, 1.82) is 0 Å². The topological polar surface area (TPSA) is 50.7 Å². The Morgan fingerprint density at radius 3 is 2.92 bits per heavy atom. The van der Waals surface area contributed by atoms with Crippen LogP contribution in [0.5, 0.6) is 5.75 Å². The van der Waals surface area contributed by atoms with Crippen LogP contribution in [0.4, 0.5) is 5.69 Å². The number of carbonyl (C=O) groups is 1. The maximum atomic E-state index is 12.5. The first-order chi connectivity index (χ1) is 12.1. The Morgan fingerprint density at radius 2 is 2.16 bits per heavy atom. The highest BCUT2D eigenvalue weighted by Crippen LogP contribution is 2.48. The first-order valence-electron chi connectivity index (χ1n) is 8.30. The number of hydrogen-bond acceptors (Lipinski definition) is 3. The molecule has 0 spiro atoms. The summed E-state index contributed by atoms with van der Waals surface area (Å²) < 4.78 is 5.26. The standard InChI is InChI=1S/C21H22N2O2/c1-14-7-8-17(11-15(14)9-10-22-2)23-21(24)20-13-19(20)16-5-4-6-18(12-16)25-3/h4-12,19-20H,2,13H2,1,3H3,(H,23,24)/b10-9-. The van der Waals surface area contributed by atoms with Crippen molar-refractivity contribution in [2.45, 2.75) is 19.3 Å². The van der Waals surface area contributed by atoms with Gasteiger partial charge in [0, 0.05) is 17.8 Å². The SMILES string of the molecule is C=N/C=C\c1cc(NC(=O)C2CC2c2cccc(OC)c2)ccc1C. The quantitative estimate of drug-likeness (QED) is 0.795. The summed E-state index contributed by atoms with van der Waals surface area (Å²) in [5.74, 6) is 1.18. The molecule has 1 fully saturated rings. The van der Waals surface area contributed by atoms with Crippen LogP contribution in [0.2, 0.25) is 0 Å². The van der Waals surface area contributed by atoms with Crippen LogP contribution in [0.1, 0.15) is 29.0 Å². The molecule has 128 valence electrons. The molecule has 2 atom stereocenters. The summed E-state index contributed by atoms with van der Waals surface area (Å²) in [6.07, 6.45) is 4.40. The van der Waals surface area contributed by atoms with E-state index >= 15 is 0 Å². The molecule has 0 aromatic heterocycles. The number of ether oxygens (including phenoxy) is 1. The van der Waals surface area contributed by atoms with E-state index in [9.17, 15) is 4.79 Å². The number of nitrogens with zero attached hydrogens (tertiary/aromatic N) is 1. The summed E-state index contributed by atoms with van der Waals surface area (Å²) in [6.45, 7) is 5.46. The number of nitrogens with one attached hydrogen (secondary N) is 1. The van der Waals surface area contributed by atoms with E-state index in [0.29, 0.717) is 0 Å². The average molecular weight is 334 g/mol. The van der Waals surface area contributed by atoms with Crippen LogP contribution in [0.3, 0.4) is 0 Å². The molecule has 3 rings (SSSR count). The first-order valence-corrected chi connectivity index (χ1v) is 8.30.